The van der Waals surface area contributed by atoms with E-state index in [-0.39, 0.29) is 23.1 Å². The van der Waals surface area contributed by atoms with Crippen LogP contribution >= 0.6 is 0 Å². The van der Waals surface area contributed by atoms with E-state index in [0.717, 1.165) is 18.4 Å². The number of ether oxygens (including phenoxy) is 1. The second-order valence-electron chi connectivity index (χ2n) is 5.83. The van der Waals surface area contributed by atoms with Crippen molar-refractivity contribution in [2.24, 2.45) is 0 Å². The van der Waals surface area contributed by atoms with Gasteiger partial charge in [0.15, 0.2) is 0 Å². The molecular weight excluding hydrogens is 296 g/mol. The van der Waals surface area contributed by atoms with E-state index in [0.29, 0.717) is 31.4 Å². The number of nitrogens with zero attached hydrogens (tertiary/aromatic N) is 3. The topological polar surface area (TPSA) is 88.2 Å². The SMILES string of the molecule is O=C(c1cc(=O)[nH]c(C2CC2)n1)N1CCOc2ncccc2C1. The fourth-order valence-electron chi connectivity index (χ4n) is 2.68. The molecule has 4 rings (SSSR count). The number of H-pyrrole nitrogens is 1. The van der Waals surface area contributed by atoms with Crippen molar-refractivity contribution in [2.75, 3.05) is 13.2 Å². The molecule has 118 valence electrons. The van der Waals surface area contributed by atoms with E-state index in [1.807, 2.05) is 12.1 Å². The first-order valence-electron chi connectivity index (χ1n) is 7.68. The lowest BCUT2D eigenvalue weighted by atomic mass is 10.2. The molecule has 1 aliphatic carbocycles. The molecule has 3 heterocycles. The Labute approximate surface area is 132 Å². The van der Waals surface area contributed by atoms with Crippen molar-refractivity contribution >= 4 is 5.91 Å². The van der Waals surface area contributed by atoms with Gasteiger partial charge in [0.05, 0.1) is 13.1 Å². The van der Waals surface area contributed by atoms with Gasteiger partial charge in [0.2, 0.25) is 5.88 Å². The van der Waals surface area contributed by atoms with Crippen LogP contribution in [0.5, 0.6) is 5.88 Å². The second-order valence-corrected chi connectivity index (χ2v) is 5.83. The van der Waals surface area contributed by atoms with Gasteiger partial charge in [-0.3, -0.25) is 9.59 Å². The number of rotatable bonds is 2. The Morgan fingerprint density at radius 3 is 3.09 bits per heavy atom. The molecule has 2 aromatic heterocycles. The standard InChI is InChI=1S/C16H16N4O3/c21-13-8-12(18-14(19-13)10-3-4-10)16(22)20-6-7-23-15-11(9-20)2-1-5-17-15/h1-2,5,8,10H,3-4,6-7,9H2,(H,18,19,21). The van der Waals surface area contributed by atoms with Crippen LogP contribution in [0.15, 0.2) is 29.2 Å². The Bertz CT molecular complexity index is 813. The second kappa shape index (κ2) is 5.49. The molecule has 1 aliphatic heterocycles. The van der Waals surface area contributed by atoms with Crippen LogP contribution in [0.1, 0.15) is 40.6 Å². The number of nitrogens with one attached hydrogen (secondary N) is 1. The number of amides is 1. The third-order valence-electron chi connectivity index (χ3n) is 4.04. The van der Waals surface area contributed by atoms with E-state index in [9.17, 15) is 9.59 Å². The van der Waals surface area contributed by atoms with E-state index in [2.05, 4.69) is 15.0 Å². The molecule has 1 fully saturated rings. The smallest absolute Gasteiger partial charge is 0.273 e. The zero-order valence-corrected chi connectivity index (χ0v) is 12.5. The average Bonchev–Trinajstić information content (AvgIpc) is 3.39. The highest BCUT2D eigenvalue weighted by Crippen LogP contribution is 2.37. The number of aromatic nitrogens is 3. The molecule has 7 heteroatoms. The molecule has 7 nitrogen and oxygen atoms in total. The summed E-state index contributed by atoms with van der Waals surface area (Å²) in [6, 6.07) is 4.96. The van der Waals surface area contributed by atoms with Crippen molar-refractivity contribution < 1.29 is 9.53 Å². The molecular formula is C16H16N4O3. The van der Waals surface area contributed by atoms with Gasteiger partial charge in [0, 0.05) is 23.7 Å². The zero-order valence-electron chi connectivity index (χ0n) is 12.5. The largest absolute Gasteiger partial charge is 0.476 e. The molecule has 0 radical (unpaired) electrons. The van der Waals surface area contributed by atoms with Crippen molar-refractivity contribution in [3.63, 3.8) is 0 Å². The first-order chi connectivity index (χ1) is 11.2. The van der Waals surface area contributed by atoms with Crippen LogP contribution in [0, 0.1) is 0 Å². The third-order valence-corrected chi connectivity index (χ3v) is 4.04. The molecule has 0 saturated heterocycles. The highest BCUT2D eigenvalue weighted by molar-refractivity contribution is 5.92. The summed E-state index contributed by atoms with van der Waals surface area (Å²) >= 11 is 0. The van der Waals surface area contributed by atoms with Crippen LogP contribution in [0.25, 0.3) is 0 Å². The van der Waals surface area contributed by atoms with Crippen LogP contribution < -0.4 is 10.3 Å². The summed E-state index contributed by atoms with van der Waals surface area (Å²) in [6.45, 7) is 1.20. The van der Waals surface area contributed by atoms with Crippen molar-refractivity contribution in [2.45, 2.75) is 25.3 Å². The van der Waals surface area contributed by atoms with E-state index < -0.39 is 0 Å². The van der Waals surface area contributed by atoms with Crippen molar-refractivity contribution in [1.29, 1.82) is 0 Å². The molecule has 0 aromatic carbocycles. The maximum Gasteiger partial charge on any atom is 0.273 e. The van der Waals surface area contributed by atoms with Gasteiger partial charge in [-0.1, -0.05) is 6.07 Å². The minimum absolute atomic E-state index is 0.197. The minimum Gasteiger partial charge on any atom is -0.476 e. The summed E-state index contributed by atoms with van der Waals surface area (Å²) in [5.74, 6) is 1.21. The molecule has 1 amide bonds. The Morgan fingerprint density at radius 2 is 2.26 bits per heavy atom. The highest BCUT2D eigenvalue weighted by atomic mass is 16.5. The van der Waals surface area contributed by atoms with E-state index in [4.69, 9.17) is 4.74 Å². The number of carbonyl (C=O) groups is 1. The molecule has 1 N–H and O–H groups in total. The fraction of sp³-hybridized carbons (Fsp3) is 0.375. The summed E-state index contributed by atoms with van der Waals surface area (Å²) in [7, 11) is 0. The van der Waals surface area contributed by atoms with Crippen LogP contribution in [0.2, 0.25) is 0 Å². The van der Waals surface area contributed by atoms with E-state index in [1.54, 1.807) is 11.1 Å². The first-order valence-corrected chi connectivity index (χ1v) is 7.68. The molecule has 0 unspecified atom stereocenters. The van der Waals surface area contributed by atoms with Crippen molar-refractivity contribution in [1.82, 2.24) is 19.9 Å². The summed E-state index contributed by atoms with van der Waals surface area (Å²) in [5.41, 5.74) is 0.770. The van der Waals surface area contributed by atoms with Crippen LogP contribution in [-0.4, -0.2) is 38.9 Å². The Balaban J connectivity index is 1.63. The number of carbonyl (C=O) groups excluding carboxylic acids is 1. The summed E-state index contributed by atoms with van der Waals surface area (Å²) < 4.78 is 5.57. The van der Waals surface area contributed by atoms with Gasteiger partial charge in [-0.05, 0) is 18.9 Å². The van der Waals surface area contributed by atoms with Gasteiger partial charge in [-0.25, -0.2) is 9.97 Å². The number of hydrogen-bond donors (Lipinski definition) is 1. The maximum atomic E-state index is 12.7. The molecule has 23 heavy (non-hydrogen) atoms. The van der Waals surface area contributed by atoms with Crippen LogP contribution in [-0.2, 0) is 6.54 Å². The lowest BCUT2D eigenvalue weighted by molar-refractivity contribution is 0.0726. The molecule has 1 saturated carbocycles. The normalized spacial score (nSPS) is 17.1. The lowest BCUT2D eigenvalue weighted by Gasteiger charge is -2.19. The maximum absolute atomic E-state index is 12.7. The lowest BCUT2D eigenvalue weighted by Crippen LogP contribution is -2.34. The molecule has 0 spiro atoms. The highest BCUT2D eigenvalue weighted by Gasteiger charge is 2.28. The zero-order chi connectivity index (χ0) is 15.8. The fourth-order valence-corrected chi connectivity index (χ4v) is 2.68. The minimum atomic E-state index is -0.279. The molecule has 2 aromatic rings. The number of fused-ring (bicyclic) bond motifs is 1. The summed E-state index contributed by atoms with van der Waals surface area (Å²) in [4.78, 5) is 37.4. The summed E-state index contributed by atoms with van der Waals surface area (Å²) in [5, 5.41) is 0. The van der Waals surface area contributed by atoms with Gasteiger partial charge in [0.25, 0.3) is 11.5 Å². The number of aromatic amines is 1. The monoisotopic (exact) mass is 312 g/mol. The van der Waals surface area contributed by atoms with Gasteiger partial charge >= 0.3 is 0 Å². The van der Waals surface area contributed by atoms with Gasteiger partial charge in [0.1, 0.15) is 18.1 Å². The number of hydrogen-bond acceptors (Lipinski definition) is 5. The first kappa shape index (κ1) is 13.9. The predicted molar refractivity (Wildman–Crippen MR) is 81.3 cm³/mol. The molecule has 0 atom stereocenters. The Hall–Kier alpha value is -2.70. The van der Waals surface area contributed by atoms with Crippen molar-refractivity contribution in [3.8, 4) is 5.88 Å². The average molecular weight is 312 g/mol. The van der Waals surface area contributed by atoms with Gasteiger partial charge in [-0.15, -0.1) is 0 Å². The van der Waals surface area contributed by atoms with Crippen LogP contribution in [0.3, 0.4) is 0 Å². The summed E-state index contributed by atoms with van der Waals surface area (Å²) in [6.07, 6.45) is 3.69. The van der Waals surface area contributed by atoms with E-state index >= 15 is 0 Å². The van der Waals surface area contributed by atoms with Crippen molar-refractivity contribution in [3.05, 3.63) is 51.8 Å². The molecule has 2 aliphatic rings. The third kappa shape index (κ3) is 2.81. The van der Waals surface area contributed by atoms with E-state index in [1.165, 1.54) is 6.07 Å². The molecule has 0 bridgehead atoms. The predicted octanol–water partition coefficient (Wildman–Crippen LogP) is 1.08. The Morgan fingerprint density at radius 1 is 1.39 bits per heavy atom. The van der Waals surface area contributed by atoms with Gasteiger partial charge < -0.3 is 14.6 Å². The quantitative estimate of drug-likeness (QED) is 0.896. The number of pyridine rings is 1. The Kier molecular flexibility index (Phi) is 3.33. The van der Waals surface area contributed by atoms with Gasteiger partial charge in [-0.2, -0.15) is 0 Å². The van der Waals surface area contributed by atoms with Crippen LogP contribution in [0.4, 0.5) is 0 Å².